The largest absolute Gasteiger partial charge is 0.490 e. The molecule has 0 fully saturated rings. The molecule has 37 heavy (non-hydrogen) atoms. The lowest BCUT2D eigenvalue weighted by molar-refractivity contribution is -0.138. The van der Waals surface area contributed by atoms with E-state index in [9.17, 15) is 19.5 Å². The molecule has 1 unspecified atom stereocenters. The molecule has 2 aromatic carbocycles. The Morgan fingerprint density at radius 2 is 1.89 bits per heavy atom. The number of carboxylic acid groups (broad SMARTS) is 1. The minimum Gasteiger partial charge on any atom is -0.490 e. The number of carboxylic acids is 1. The topological polar surface area (TPSA) is 126 Å². The highest BCUT2D eigenvalue weighted by molar-refractivity contribution is 6.13. The van der Waals surface area contributed by atoms with E-state index in [1.54, 1.807) is 31.3 Å². The zero-order valence-corrected chi connectivity index (χ0v) is 20.7. The molecule has 0 saturated carbocycles. The Morgan fingerprint density at radius 1 is 1.11 bits per heavy atom. The van der Waals surface area contributed by atoms with Crippen molar-refractivity contribution in [3.05, 3.63) is 78.0 Å². The predicted molar refractivity (Wildman–Crippen MR) is 140 cm³/mol. The fraction of sp³-hybridized carbons (Fsp3) is 0.286. The number of amides is 2. The number of anilines is 3. The van der Waals surface area contributed by atoms with Crippen LogP contribution in [-0.4, -0.2) is 52.0 Å². The number of unbranched alkanes of at least 4 members (excludes halogenated alkanes) is 1. The average Bonchev–Trinajstić information content (AvgIpc) is 2.99. The summed E-state index contributed by atoms with van der Waals surface area (Å²) in [5.74, 6) is -0.769. The highest BCUT2D eigenvalue weighted by Crippen LogP contribution is 2.34. The van der Waals surface area contributed by atoms with Gasteiger partial charge in [-0.15, -0.1) is 0 Å². The van der Waals surface area contributed by atoms with E-state index < -0.39 is 12.0 Å². The first-order valence-corrected chi connectivity index (χ1v) is 12.2. The van der Waals surface area contributed by atoms with Crippen LogP contribution in [0.3, 0.4) is 0 Å². The van der Waals surface area contributed by atoms with Crippen LogP contribution < -0.4 is 15.4 Å². The number of carbonyl (C=O) groups excluding carboxylic acids is 2. The number of benzene rings is 2. The van der Waals surface area contributed by atoms with E-state index in [-0.39, 0.29) is 24.8 Å². The van der Waals surface area contributed by atoms with E-state index in [4.69, 9.17) is 10.5 Å². The number of carbonyl (C=O) groups is 3. The average molecular weight is 503 g/mol. The number of rotatable bonds is 10. The minimum absolute atomic E-state index is 0.207. The van der Waals surface area contributed by atoms with Crippen molar-refractivity contribution in [2.24, 2.45) is 0 Å². The first-order valence-electron chi connectivity index (χ1n) is 12.2. The van der Waals surface area contributed by atoms with E-state index in [1.807, 2.05) is 42.5 Å². The molecule has 0 aliphatic carbocycles. The second kappa shape index (κ2) is 11.6. The molecule has 3 aromatic rings. The summed E-state index contributed by atoms with van der Waals surface area (Å²) >= 11 is 0. The van der Waals surface area contributed by atoms with Gasteiger partial charge in [0.1, 0.15) is 6.54 Å². The molecule has 4 rings (SSSR count). The Balaban J connectivity index is 1.55. The number of nitrogen functional groups attached to an aromatic ring is 1. The normalized spacial score (nSPS) is 14.2. The van der Waals surface area contributed by atoms with Gasteiger partial charge in [-0.25, -0.2) is 4.98 Å². The number of ether oxygens (including phenoxy) is 1. The zero-order valence-electron chi connectivity index (χ0n) is 20.7. The molecule has 3 N–H and O–H groups in total. The molecule has 1 atom stereocenters. The molecule has 1 aromatic heterocycles. The number of aromatic nitrogens is 1. The van der Waals surface area contributed by atoms with Gasteiger partial charge < -0.3 is 20.5 Å². The molecule has 0 spiro atoms. The lowest BCUT2D eigenvalue weighted by atomic mass is 10.0. The summed E-state index contributed by atoms with van der Waals surface area (Å²) in [5, 5.41) is 9.28. The number of nitrogens with two attached hydrogens (primary N) is 1. The van der Waals surface area contributed by atoms with E-state index in [0.717, 1.165) is 18.4 Å². The molecule has 1 aliphatic rings. The highest BCUT2D eigenvalue weighted by atomic mass is 16.5. The Morgan fingerprint density at radius 3 is 2.62 bits per heavy atom. The van der Waals surface area contributed by atoms with Gasteiger partial charge in [0.25, 0.3) is 11.8 Å². The lowest BCUT2D eigenvalue weighted by Crippen LogP contribution is -2.43. The first kappa shape index (κ1) is 25.7. The third-order valence-electron chi connectivity index (χ3n) is 6.28. The van der Waals surface area contributed by atoms with Crippen LogP contribution in [0.4, 0.5) is 17.2 Å². The van der Waals surface area contributed by atoms with Gasteiger partial charge in [0, 0.05) is 17.9 Å². The smallest absolute Gasteiger partial charge is 0.305 e. The van der Waals surface area contributed by atoms with Crippen LogP contribution in [0.5, 0.6) is 5.75 Å². The number of pyridine rings is 1. The van der Waals surface area contributed by atoms with Gasteiger partial charge >= 0.3 is 5.97 Å². The molecule has 0 saturated heterocycles. The van der Waals surface area contributed by atoms with Crippen molar-refractivity contribution in [3.63, 3.8) is 0 Å². The zero-order chi connectivity index (χ0) is 26.4. The number of hydrogen-bond acceptors (Lipinski definition) is 6. The van der Waals surface area contributed by atoms with Gasteiger partial charge in [-0.1, -0.05) is 24.3 Å². The molecule has 9 heteroatoms. The van der Waals surface area contributed by atoms with Gasteiger partial charge in [0.2, 0.25) is 0 Å². The maximum absolute atomic E-state index is 13.6. The van der Waals surface area contributed by atoms with Crippen LogP contribution in [0.1, 0.15) is 42.1 Å². The van der Waals surface area contributed by atoms with Gasteiger partial charge in [-0.2, -0.15) is 0 Å². The minimum atomic E-state index is -1.03. The second-order valence-corrected chi connectivity index (χ2v) is 8.99. The molecular weight excluding hydrogens is 472 g/mol. The molecule has 0 radical (unpaired) electrons. The van der Waals surface area contributed by atoms with E-state index in [2.05, 4.69) is 4.98 Å². The van der Waals surface area contributed by atoms with Crippen molar-refractivity contribution in [3.8, 4) is 5.75 Å². The summed E-state index contributed by atoms with van der Waals surface area (Å²) in [6.07, 6.45) is 3.65. The Bertz CT molecular complexity index is 1280. The molecule has 2 amide bonds. The fourth-order valence-electron chi connectivity index (χ4n) is 4.40. The van der Waals surface area contributed by atoms with Gasteiger partial charge in [-0.3, -0.25) is 19.3 Å². The summed E-state index contributed by atoms with van der Waals surface area (Å²) in [6, 6.07) is 17.6. The van der Waals surface area contributed by atoms with Crippen molar-refractivity contribution < 1.29 is 24.2 Å². The quantitative estimate of drug-likeness (QED) is 0.401. The number of hydrogen-bond donors (Lipinski definition) is 2. The third kappa shape index (κ3) is 6.06. The van der Waals surface area contributed by atoms with Gasteiger partial charge in [-0.05, 0) is 68.1 Å². The van der Waals surface area contributed by atoms with Crippen LogP contribution in [0, 0.1) is 0 Å². The van der Waals surface area contributed by atoms with Crippen LogP contribution in [0.2, 0.25) is 0 Å². The third-order valence-corrected chi connectivity index (χ3v) is 6.28. The molecule has 0 bridgehead atoms. The SMILES string of the molecule is CC(CC(=O)O)N1CC(=O)N(c2ccccc2)c2ccc(CCCCOc3cccnc3N)cc2C1=O. The Labute approximate surface area is 215 Å². The van der Waals surface area contributed by atoms with Gasteiger partial charge in [0.05, 0.1) is 24.3 Å². The fourth-order valence-corrected chi connectivity index (χ4v) is 4.40. The maximum atomic E-state index is 13.6. The van der Waals surface area contributed by atoms with Gasteiger partial charge in [0.15, 0.2) is 11.6 Å². The number of nitrogens with zero attached hydrogens (tertiary/aromatic N) is 3. The first-order chi connectivity index (χ1) is 17.8. The molecule has 9 nitrogen and oxygen atoms in total. The van der Waals surface area contributed by atoms with E-state index in [1.165, 1.54) is 9.80 Å². The van der Waals surface area contributed by atoms with Crippen LogP contribution in [-0.2, 0) is 16.0 Å². The number of aliphatic carboxylic acids is 1. The van der Waals surface area contributed by atoms with Crippen molar-refractivity contribution in [1.82, 2.24) is 9.88 Å². The van der Waals surface area contributed by atoms with Crippen LogP contribution in [0.15, 0.2) is 66.9 Å². The Hall–Kier alpha value is -4.40. The van der Waals surface area contributed by atoms with Crippen molar-refractivity contribution in [2.45, 2.75) is 38.6 Å². The molecule has 1 aliphatic heterocycles. The monoisotopic (exact) mass is 502 g/mol. The van der Waals surface area contributed by atoms with Crippen molar-refractivity contribution >= 4 is 35.0 Å². The Kier molecular flexibility index (Phi) is 8.02. The number of aryl methyl sites for hydroxylation is 1. The summed E-state index contributed by atoms with van der Waals surface area (Å²) in [4.78, 5) is 45.2. The van der Waals surface area contributed by atoms with Crippen molar-refractivity contribution in [1.29, 1.82) is 0 Å². The van der Waals surface area contributed by atoms with E-state index >= 15 is 0 Å². The molecule has 192 valence electrons. The maximum Gasteiger partial charge on any atom is 0.305 e. The van der Waals surface area contributed by atoms with Crippen LogP contribution in [0.25, 0.3) is 0 Å². The highest BCUT2D eigenvalue weighted by Gasteiger charge is 2.35. The summed E-state index contributed by atoms with van der Waals surface area (Å²) in [5.41, 5.74) is 8.27. The summed E-state index contributed by atoms with van der Waals surface area (Å²) in [7, 11) is 0. The summed E-state index contributed by atoms with van der Waals surface area (Å²) in [6.45, 7) is 1.92. The molecule has 2 heterocycles. The standard InChI is InChI=1S/C28H30N4O5/c1-19(16-26(34)35)31-18-25(33)32(21-9-3-2-4-10-21)23-13-12-20(17-22(23)28(31)36)8-5-6-15-37-24-11-7-14-30-27(24)29/h2-4,7,9-14,17,19H,5-6,8,15-16,18H2,1H3,(H2,29,30)(H,34,35). The second-order valence-electron chi connectivity index (χ2n) is 8.99. The number of para-hydroxylation sites is 1. The van der Waals surface area contributed by atoms with E-state index in [0.29, 0.717) is 41.5 Å². The van der Waals surface area contributed by atoms with Crippen LogP contribution >= 0.6 is 0 Å². The number of fused-ring (bicyclic) bond motifs is 1. The predicted octanol–water partition coefficient (Wildman–Crippen LogP) is 4.05. The summed E-state index contributed by atoms with van der Waals surface area (Å²) < 4.78 is 5.71. The molecular formula is C28H30N4O5. The lowest BCUT2D eigenvalue weighted by Gasteiger charge is -2.26. The van der Waals surface area contributed by atoms with Crippen molar-refractivity contribution in [2.75, 3.05) is 23.8 Å².